The van der Waals surface area contributed by atoms with Gasteiger partial charge in [0.1, 0.15) is 5.88 Å². The van der Waals surface area contributed by atoms with Crippen molar-refractivity contribution < 1.29 is 14.3 Å². The number of nitrogens with zero attached hydrogens (tertiary/aromatic N) is 2. The Morgan fingerprint density at radius 2 is 1.82 bits per heavy atom. The number of thiophene rings is 1. The fourth-order valence-electron chi connectivity index (χ4n) is 2.81. The van der Waals surface area contributed by atoms with Crippen LogP contribution in [0.5, 0.6) is 0 Å². The number of carbonyl (C=O) groups excluding carboxylic acids is 2. The Bertz CT molecular complexity index is 751. The minimum Gasteiger partial charge on any atom is -0.385 e. The summed E-state index contributed by atoms with van der Waals surface area (Å²) in [6.07, 6.45) is 0.662. The lowest BCUT2D eigenvalue weighted by Gasteiger charge is -2.27. The van der Waals surface area contributed by atoms with Gasteiger partial charge in [-0.15, -0.1) is 22.9 Å². The first-order valence-electron chi connectivity index (χ1n) is 9.22. The summed E-state index contributed by atoms with van der Waals surface area (Å²) in [5.74, 6) is -0.464. The SMILES string of the molecule is COCCCN(CC(=O)N(Cc1ccccc1)Cc1sccc1C)C(=O)CCl. The van der Waals surface area contributed by atoms with E-state index in [9.17, 15) is 9.59 Å². The monoisotopic (exact) mass is 422 g/mol. The van der Waals surface area contributed by atoms with Crippen LogP contribution in [0.25, 0.3) is 0 Å². The average Bonchev–Trinajstić information content (AvgIpc) is 3.11. The zero-order valence-corrected chi connectivity index (χ0v) is 18.0. The molecule has 5 nitrogen and oxygen atoms in total. The molecule has 0 fully saturated rings. The smallest absolute Gasteiger partial charge is 0.242 e. The van der Waals surface area contributed by atoms with Crippen LogP contribution in [0.4, 0.5) is 0 Å². The summed E-state index contributed by atoms with van der Waals surface area (Å²) >= 11 is 7.38. The summed E-state index contributed by atoms with van der Waals surface area (Å²) in [5, 5.41) is 2.03. The molecule has 7 heteroatoms. The van der Waals surface area contributed by atoms with Gasteiger partial charge in [-0.05, 0) is 35.9 Å². The normalized spacial score (nSPS) is 10.7. The summed E-state index contributed by atoms with van der Waals surface area (Å²) < 4.78 is 5.06. The van der Waals surface area contributed by atoms with E-state index in [4.69, 9.17) is 16.3 Å². The highest BCUT2D eigenvalue weighted by molar-refractivity contribution is 7.10. The average molecular weight is 423 g/mol. The van der Waals surface area contributed by atoms with Crippen molar-refractivity contribution in [2.45, 2.75) is 26.4 Å². The predicted octanol–water partition coefficient (Wildman–Crippen LogP) is 3.69. The summed E-state index contributed by atoms with van der Waals surface area (Å²) in [5.41, 5.74) is 2.23. The summed E-state index contributed by atoms with van der Waals surface area (Å²) in [7, 11) is 1.61. The second-order valence-electron chi connectivity index (χ2n) is 6.56. The van der Waals surface area contributed by atoms with E-state index in [1.165, 1.54) is 10.5 Å². The highest BCUT2D eigenvalue weighted by Crippen LogP contribution is 2.19. The first-order chi connectivity index (χ1) is 13.5. The number of halogens is 1. The van der Waals surface area contributed by atoms with Crippen LogP contribution in [0.3, 0.4) is 0 Å². The quantitative estimate of drug-likeness (QED) is 0.410. The summed E-state index contributed by atoms with van der Waals surface area (Å²) in [4.78, 5) is 29.8. The summed E-state index contributed by atoms with van der Waals surface area (Å²) in [6, 6.07) is 11.9. The molecule has 1 aromatic heterocycles. The van der Waals surface area contributed by atoms with Crippen LogP contribution in [0, 0.1) is 6.92 Å². The van der Waals surface area contributed by atoms with Gasteiger partial charge in [0.25, 0.3) is 0 Å². The molecule has 2 aromatic rings. The Labute approximate surface area is 175 Å². The van der Waals surface area contributed by atoms with Gasteiger partial charge in [0.05, 0.1) is 13.1 Å². The first-order valence-corrected chi connectivity index (χ1v) is 10.6. The maximum Gasteiger partial charge on any atom is 0.242 e. The van der Waals surface area contributed by atoms with Crippen LogP contribution in [0.2, 0.25) is 0 Å². The molecule has 2 amide bonds. The van der Waals surface area contributed by atoms with Crippen molar-refractivity contribution in [2.24, 2.45) is 0 Å². The molecule has 28 heavy (non-hydrogen) atoms. The van der Waals surface area contributed by atoms with Crippen LogP contribution >= 0.6 is 22.9 Å². The Morgan fingerprint density at radius 3 is 2.43 bits per heavy atom. The van der Waals surface area contributed by atoms with Gasteiger partial charge < -0.3 is 14.5 Å². The first kappa shape index (κ1) is 22.4. The number of amides is 2. The number of ether oxygens (including phenoxy) is 1. The largest absolute Gasteiger partial charge is 0.385 e. The number of hydrogen-bond acceptors (Lipinski definition) is 4. The number of aryl methyl sites for hydroxylation is 1. The molecule has 2 rings (SSSR count). The van der Waals surface area contributed by atoms with Gasteiger partial charge in [-0.3, -0.25) is 9.59 Å². The molecule has 1 heterocycles. The lowest BCUT2D eigenvalue weighted by Crippen LogP contribution is -2.43. The van der Waals surface area contributed by atoms with Gasteiger partial charge in [0, 0.05) is 31.7 Å². The molecule has 0 aliphatic rings. The van der Waals surface area contributed by atoms with Gasteiger partial charge in [0.15, 0.2) is 0 Å². The Morgan fingerprint density at radius 1 is 1.07 bits per heavy atom. The zero-order chi connectivity index (χ0) is 20.4. The number of rotatable bonds is 11. The van der Waals surface area contributed by atoms with E-state index >= 15 is 0 Å². The van der Waals surface area contributed by atoms with Gasteiger partial charge in [-0.1, -0.05) is 30.3 Å². The standard InChI is InChI=1S/C21H27ClN2O3S/c1-17-9-12-28-19(17)15-24(14-18-7-4-3-5-8-18)21(26)16-23(20(25)13-22)10-6-11-27-2/h3-5,7-9,12H,6,10-11,13-16H2,1-2H3. The van der Waals surface area contributed by atoms with Crippen molar-refractivity contribution in [3.8, 4) is 0 Å². The molecule has 0 atom stereocenters. The van der Waals surface area contributed by atoms with Crippen molar-refractivity contribution in [3.63, 3.8) is 0 Å². The van der Waals surface area contributed by atoms with E-state index in [-0.39, 0.29) is 24.2 Å². The van der Waals surface area contributed by atoms with E-state index < -0.39 is 0 Å². The van der Waals surface area contributed by atoms with Crippen LogP contribution in [-0.4, -0.2) is 54.3 Å². The summed E-state index contributed by atoms with van der Waals surface area (Å²) in [6.45, 7) is 4.07. The molecule has 152 valence electrons. The molecule has 0 unspecified atom stereocenters. The molecule has 0 radical (unpaired) electrons. The Balaban J connectivity index is 2.13. The van der Waals surface area contributed by atoms with Gasteiger partial charge in [-0.25, -0.2) is 0 Å². The highest BCUT2D eigenvalue weighted by Gasteiger charge is 2.22. The van der Waals surface area contributed by atoms with Gasteiger partial charge in [0.2, 0.25) is 11.8 Å². The Kier molecular flexibility index (Phi) is 9.47. The molecule has 0 saturated heterocycles. The minimum atomic E-state index is -0.238. The van der Waals surface area contributed by atoms with Crippen LogP contribution in [0.1, 0.15) is 22.4 Å². The van der Waals surface area contributed by atoms with Gasteiger partial charge in [-0.2, -0.15) is 0 Å². The van der Waals surface area contributed by atoms with Crippen LogP contribution in [0.15, 0.2) is 41.8 Å². The van der Waals surface area contributed by atoms with Crippen LogP contribution < -0.4 is 0 Å². The minimum absolute atomic E-state index is 0.0204. The van der Waals surface area contributed by atoms with Crippen molar-refractivity contribution in [1.82, 2.24) is 9.80 Å². The number of methoxy groups -OCH3 is 1. The maximum absolute atomic E-state index is 13.1. The topological polar surface area (TPSA) is 49.9 Å². The molecule has 0 aliphatic carbocycles. The van der Waals surface area contributed by atoms with E-state index in [0.29, 0.717) is 32.7 Å². The zero-order valence-electron chi connectivity index (χ0n) is 16.4. The molecule has 0 bridgehead atoms. The molecule has 0 saturated carbocycles. The lowest BCUT2D eigenvalue weighted by molar-refractivity contribution is -0.140. The van der Waals surface area contributed by atoms with E-state index in [0.717, 1.165) is 10.4 Å². The predicted molar refractivity (Wildman–Crippen MR) is 114 cm³/mol. The van der Waals surface area contributed by atoms with E-state index in [1.54, 1.807) is 23.3 Å². The molecule has 0 N–H and O–H groups in total. The fourth-order valence-corrected chi connectivity index (χ4v) is 3.90. The van der Waals surface area contributed by atoms with E-state index in [1.807, 2.05) is 42.6 Å². The van der Waals surface area contributed by atoms with Crippen LogP contribution in [-0.2, 0) is 27.4 Å². The molecular weight excluding hydrogens is 396 g/mol. The molecule has 1 aromatic carbocycles. The van der Waals surface area contributed by atoms with Gasteiger partial charge >= 0.3 is 0 Å². The maximum atomic E-state index is 13.1. The molecular formula is C21H27ClN2O3S. The third kappa shape index (κ3) is 6.93. The van der Waals surface area contributed by atoms with E-state index in [2.05, 4.69) is 6.07 Å². The Hall–Kier alpha value is -1.89. The van der Waals surface area contributed by atoms with Crippen molar-refractivity contribution in [3.05, 3.63) is 57.8 Å². The number of hydrogen-bond donors (Lipinski definition) is 0. The second-order valence-corrected chi connectivity index (χ2v) is 7.83. The lowest BCUT2D eigenvalue weighted by atomic mass is 10.2. The fraction of sp³-hybridized carbons (Fsp3) is 0.429. The van der Waals surface area contributed by atoms with Crippen molar-refractivity contribution in [1.29, 1.82) is 0 Å². The van der Waals surface area contributed by atoms with Crippen molar-refractivity contribution in [2.75, 3.05) is 32.7 Å². The number of benzene rings is 1. The molecule has 0 aliphatic heterocycles. The number of carbonyl (C=O) groups is 2. The van der Waals surface area contributed by atoms with Crippen molar-refractivity contribution >= 4 is 34.8 Å². The second kappa shape index (κ2) is 11.8. The highest BCUT2D eigenvalue weighted by atomic mass is 35.5. The third-order valence-electron chi connectivity index (χ3n) is 4.44. The number of alkyl halides is 1. The molecule has 0 spiro atoms. The third-order valence-corrected chi connectivity index (χ3v) is 5.68.